The minimum atomic E-state index is -0.859. The highest BCUT2D eigenvalue weighted by Crippen LogP contribution is 2.16. The Kier molecular flexibility index (Phi) is 8.02. The molecule has 2 aromatic carbocycles. The Morgan fingerprint density at radius 2 is 1.68 bits per heavy atom. The molecule has 148 valence electrons. The van der Waals surface area contributed by atoms with Crippen LogP contribution in [0.1, 0.15) is 35.7 Å². The summed E-state index contributed by atoms with van der Waals surface area (Å²) in [5, 5.41) is 5.00. The molecule has 2 aromatic rings. The van der Waals surface area contributed by atoms with Crippen LogP contribution in [0.15, 0.2) is 48.5 Å². The van der Waals surface area contributed by atoms with Gasteiger partial charge in [0.2, 0.25) is 0 Å². The molecule has 0 unspecified atom stereocenters. The first-order valence-corrected chi connectivity index (χ1v) is 9.03. The third-order valence-corrected chi connectivity index (χ3v) is 3.94. The van der Waals surface area contributed by atoms with E-state index >= 15 is 0 Å². The van der Waals surface area contributed by atoms with E-state index in [1.165, 1.54) is 0 Å². The third kappa shape index (κ3) is 6.12. The first-order chi connectivity index (χ1) is 13.5. The normalized spacial score (nSPS) is 10.1. The van der Waals surface area contributed by atoms with Crippen LogP contribution >= 0.6 is 0 Å². The van der Waals surface area contributed by atoms with Crippen molar-refractivity contribution >= 4 is 23.5 Å². The van der Waals surface area contributed by atoms with Gasteiger partial charge in [-0.25, -0.2) is 4.79 Å². The summed E-state index contributed by atoms with van der Waals surface area (Å²) in [6.07, 6.45) is 1.66. The van der Waals surface area contributed by atoms with Gasteiger partial charge in [0.1, 0.15) is 5.75 Å². The molecule has 0 spiro atoms. The molecule has 2 amide bonds. The van der Waals surface area contributed by atoms with Gasteiger partial charge in [-0.1, -0.05) is 37.6 Å². The maximum absolute atomic E-state index is 12.2. The van der Waals surface area contributed by atoms with Gasteiger partial charge in [0.05, 0.1) is 25.0 Å². The number of benzene rings is 2. The number of anilines is 1. The molecule has 0 aliphatic carbocycles. The Hall–Kier alpha value is -3.35. The second-order valence-electron chi connectivity index (χ2n) is 6.02. The van der Waals surface area contributed by atoms with Crippen LogP contribution in [0.5, 0.6) is 5.75 Å². The fourth-order valence-electron chi connectivity index (χ4n) is 2.34. The van der Waals surface area contributed by atoms with Crippen molar-refractivity contribution in [3.63, 3.8) is 0 Å². The van der Waals surface area contributed by atoms with Crippen LogP contribution in [0.4, 0.5) is 5.69 Å². The highest BCUT2D eigenvalue weighted by molar-refractivity contribution is 6.39. The molecule has 0 heterocycles. The zero-order valence-electron chi connectivity index (χ0n) is 16.0. The summed E-state index contributed by atoms with van der Waals surface area (Å²) in [4.78, 5) is 36.4. The molecule has 0 aromatic heterocycles. The average molecular weight is 384 g/mol. The number of carbonyl (C=O) groups excluding carboxylic acids is 3. The summed E-state index contributed by atoms with van der Waals surface area (Å²) in [6, 6.07) is 13.5. The van der Waals surface area contributed by atoms with Crippen molar-refractivity contribution in [1.29, 1.82) is 0 Å². The molecule has 0 saturated carbocycles. The van der Waals surface area contributed by atoms with Crippen LogP contribution in [0, 0.1) is 0 Å². The number of nitrogens with one attached hydrogen (secondary N) is 2. The molecule has 28 heavy (non-hydrogen) atoms. The SMILES string of the molecule is CCCCOC(=O)c1ccccc1NC(=O)C(=O)NCc1ccc(OC)cc1. The van der Waals surface area contributed by atoms with Gasteiger partial charge in [0.25, 0.3) is 0 Å². The minimum Gasteiger partial charge on any atom is -0.497 e. The first kappa shape index (κ1) is 21.0. The molecule has 2 N–H and O–H groups in total. The Morgan fingerprint density at radius 1 is 0.964 bits per heavy atom. The van der Waals surface area contributed by atoms with Crippen molar-refractivity contribution in [2.45, 2.75) is 26.3 Å². The Balaban J connectivity index is 1.94. The van der Waals surface area contributed by atoms with Gasteiger partial charge >= 0.3 is 17.8 Å². The summed E-state index contributed by atoms with van der Waals surface area (Å²) in [7, 11) is 1.57. The number of carbonyl (C=O) groups is 3. The monoisotopic (exact) mass is 384 g/mol. The van der Waals surface area contributed by atoms with Crippen molar-refractivity contribution in [3.8, 4) is 5.75 Å². The van der Waals surface area contributed by atoms with Crippen molar-refractivity contribution in [1.82, 2.24) is 5.32 Å². The van der Waals surface area contributed by atoms with Crippen molar-refractivity contribution in [2.75, 3.05) is 19.0 Å². The molecule has 2 rings (SSSR count). The van der Waals surface area contributed by atoms with Crippen LogP contribution in [0.3, 0.4) is 0 Å². The molecular formula is C21H24N2O5. The molecule has 0 radical (unpaired) electrons. The number of unbranched alkanes of at least 4 members (excludes halogenated alkanes) is 1. The quantitative estimate of drug-likeness (QED) is 0.415. The van der Waals surface area contributed by atoms with E-state index in [9.17, 15) is 14.4 Å². The van der Waals surface area contributed by atoms with E-state index in [4.69, 9.17) is 9.47 Å². The van der Waals surface area contributed by atoms with E-state index in [1.54, 1.807) is 55.6 Å². The van der Waals surface area contributed by atoms with E-state index < -0.39 is 17.8 Å². The number of methoxy groups -OCH3 is 1. The molecule has 0 saturated heterocycles. The van der Waals surface area contributed by atoms with E-state index in [0.717, 1.165) is 18.4 Å². The number of esters is 1. The number of amides is 2. The van der Waals surface area contributed by atoms with Gasteiger partial charge in [-0.05, 0) is 36.2 Å². The number of para-hydroxylation sites is 1. The second kappa shape index (κ2) is 10.7. The molecule has 0 atom stereocenters. The molecule has 7 heteroatoms. The molecule has 0 aliphatic heterocycles. The lowest BCUT2D eigenvalue weighted by atomic mass is 10.1. The molecule has 0 bridgehead atoms. The molecule has 0 aliphatic rings. The minimum absolute atomic E-state index is 0.191. The predicted molar refractivity (Wildman–Crippen MR) is 105 cm³/mol. The smallest absolute Gasteiger partial charge is 0.340 e. The van der Waals surface area contributed by atoms with Crippen LogP contribution in [-0.4, -0.2) is 31.5 Å². The van der Waals surface area contributed by atoms with Crippen LogP contribution in [0.2, 0.25) is 0 Å². The first-order valence-electron chi connectivity index (χ1n) is 9.03. The second-order valence-corrected chi connectivity index (χ2v) is 6.02. The van der Waals surface area contributed by atoms with E-state index in [-0.39, 0.29) is 17.8 Å². The number of hydrogen-bond acceptors (Lipinski definition) is 5. The largest absolute Gasteiger partial charge is 0.497 e. The fraction of sp³-hybridized carbons (Fsp3) is 0.286. The van der Waals surface area contributed by atoms with Crippen molar-refractivity contribution < 1.29 is 23.9 Å². The van der Waals surface area contributed by atoms with Crippen molar-refractivity contribution in [3.05, 3.63) is 59.7 Å². The summed E-state index contributed by atoms with van der Waals surface area (Å²) < 4.78 is 10.2. The number of ether oxygens (including phenoxy) is 2. The van der Waals surface area contributed by atoms with E-state index in [0.29, 0.717) is 12.4 Å². The summed E-state index contributed by atoms with van der Waals surface area (Å²) in [5.41, 5.74) is 1.25. The van der Waals surface area contributed by atoms with E-state index in [2.05, 4.69) is 10.6 Å². The molecular weight excluding hydrogens is 360 g/mol. The fourth-order valence-corrected chi connectivity index (χ4v) is 2.34. The zero-order valence-corrected chi connectivity index (χ0v) is 16.0. The Morgan fingerprint density at radius 3 is 2.36 bits per heavy atom. The summed E-state index contributed by atoms with van der Waals surface area (Å²) >= 11 is 0. The van der Waals surface area contributed by atoms with E-state index in [1.807, 2.05) is 6.92 Å². The van der Waals surface area contributed by atoms with Crippen LogP contribution in [-0.2, 0) is 20.9 Å². The standard InChI is InChI=1S/C21H24N2O5/c1-3-4-13-28-21(26)17-7-5-6-8-18(17)23-20(25)19(24)22-14-15-9-11-16(27-2)12-10-15/h5-12H,3-4,13-14H2,1-2H3,(H,22,24)(H,23,25). The van der Waals surface area contributed by atoms with Gasteiger partial charge in [0, 0.05) is 6.54 Å². The molecule has 0 fully saturated rings. The highest BCUT2D eigenvalue weighted by atomic mass is 16.5. The lowest BCUT2D eigenvalue weighted by molar-refractivity contribution is -0.136. The topological polar surface area (TPSA) is 93.7 Å². The summed E-state index contributed by atoms with van der Waals surface area (Å²) in [5.74, 6) is -1.49. The van der Waals surface area contributed by atoms with Crippen LogP contribution < -0.4 is 15.4 Å². The van der Waals surface area contributed by atoms with Gasteiger partial charge in [-0.3, -0.25) is 9.59 Å². The van der Waals surface area contributed by atoms with Gasteiger partial charge in [0.15, 0.2) is 0 Å². The van der Waals surface area contributed by atoms with Gasteiger partial charge in [-0.15, -0.1) is 0 Å². The Bertz CT molecular complexity index is 818. The van der Waals surface area contributed by atoms with Gasteiger partial charge < -0.3 is 20.1 Å². The molecule has 7 nitrogen and oxygen atoms in total. The highest BCUT2D eigenvalue weighted by Gasteiger charge is 2.18. The maximum atomic E-state index is 12.2. The lowest BCUT2D eigenvalue weighted by Gasteiger charge is -2.11. The predicted octanol–water partition coefficient (Wildman–Crippen LogP) is 2.91. The number of rotatable bonds is 8. The average Bonchev–Trinajstić information content (AvgIpc) is 2.72. The van der Waals surface area contributed by atoms with Crippen LogP contribution in [0.25, 0.3) is 0 Å². The third-order valence-electron chi connectivity index (χ3n) is 3.94. The van der Waals surface area contributed by atoms with Crippen molar-refractivity contribution in [2.24, 2.45) is 0 Å². The maximum Gasteiger partial charge on any atom is 0.340 e. The van der Waals surface area contributed by atoms with Gasteiger partial charge in [-0.2, -0.15) is 0 Å². The summed E-state index contributed by atoms with van der Waals surface area (Å²) in [6.45, 7) is 2.49. The number of hydrogen-bond donors (Lipinski definition) is 2. The lowest BCUT2D eigenvalue weighted by Crippen LogP contribution is -2.35. The Labute approximate surface area is 164 Å². The zero-order chi connectivity index (χ0) is 20.4.